The van der Waals surface area contributed by atoms with Crippen molar-refractivity contribution < 1.29 is 0 Å². The van der Waals surface area contributed by atoms with E-state index in [9.17, 15) is 0 Å². The minimum atomic E-state index is 0.822. The Morgan fingerprint density at radius 2 is 2.00 bits per heavy atom. The molecule has 0 atom stereocenters. The average Bonchev–Trinajstić information content (AvgIpc) is 3.31. The van der Waals surface area contributed by atoms with Crippen molar-refractivity contribution in [1.29, 1.82) is 0 Å². The standard InChI is InChI=1S/C20H19N3S3/c1-2-10-22-26-20-18(21)17-14(13-7-4-3-5-8-13)12-15(23-19(17)25-20)16-9-6-11-24-16/h3-9,11-12,22H,2,10,21H2,1H3. The first kappa shape index (κ1) is 17.5. The predicted molar refractivity (Wildman–Crippen MR) is 117 cm³/mol. The highest BCUT2D eigenvalue weighted by Gasteiger charge is 2.18. The zero-order chi connectivity index (χ0) is 17.9. The smallest absolute Gasteiger partial charge is 0.127 e. The van der Waals surface area contributed by atoms with Crippen molar-refractivity contribution in [3.63, 3.8) is 0 Å². The Balaban J connectivity index is 1.90. The molecule has 0 saturated heterocycles. The summed E-state index contributed by atoms with van der Waals surface area (Å²) in [6.45, 7) is 3.11. The van der Waals surface area contributed by atoms with Gasteiger partial charge in [-0.2, -0.15) is 0 Å². The van der Waals surface area contributed by atoms with Crippen LogP contribution in [0, 0.1) is 0 Å². The number of nitrogens with two attached hydrogens (primary N) is 1. The van der Waals surface area contributed by atoms with Crippen LogP contribution in [0.4, 0.5) is 5.69 Å². The van der Waals surface area contributed by atoms with Crippen LogP contribution in [0.1, 0.15) is 13.3 Å². The Morgan fingerprint density at radius 3 is 2.73 bits per heavy atom. The molecule has 4 aromatic rings. The van der Waals surface area contributed by atoms with Crippen LogP contribution < -0.4 is 10.5 Å². The molecule has 0 unspecified atom stereocenters. The van der Waals surface area contributed by atoms with Crippen molar-refractivity contribution in [1.82, 2.24) is 9.71 Å². The summed E-state index contributed by atoms with van der Waals surface area (Å²) in [6.07, 6.45) is 1.09. The zero-order valence-corrected chi connectivity index (χ0v) is 16.8. The van der Waals surface area contributed by atoms with Crippen LogP contribution in [0.25, 0.3) is 31.9 Å². The van der Waals surface area contributed by atoms with E-state index in [2.05, 4.69) is 59.5 Å². The van der Waals surface area contributed by atoms with E-state index in [1.54, 1.807) is 34.6 Å². The van der Waals surface area contributed by atoms with E-state index >= 15 is 0 Å². The lowest BCUT2D eigenvalue weighted by Gasteiger charge is -2.08. The summed E-state index contributed by atoms with van der Waals surface area (Å²) in [7, 11) is 0. The highest BCUT2D eigenvalue weighted by Crippen LogP contribution is 2.44. The van der Waals surface area contributed by atoms with Gasteiger partial charge in [0.05, 0.1) is 16.3 Å². The van der Waals surface area contributed by atoms with E-state index in [0.29, 0.717) is 0 Å². The van der Waals surface area contributed by atoms with Crippen molar-refractivity contribution in [2.45, 2.75) is 17.6 Å². The van der Waals surface area contributed by atoms with Gasteiger partial charge in [0.2, 0.25) is 0 Å². The van der Waals surface area contributed by atoms with Crippen LogP contribution in [-0.4, -0.2) is 11.5 Å². The third kappa shape index (κ3) is 3.38. The van der Waals surface area contributed by atoms with Crippen molar-refractivity contribution >= 4 is 50.5 Å². The number of rotatable bonds is 6. The number of fused-ring (bicyclic) bond motifs is 1. The molecule has 3 heterocycles. The van der Waals surface area contributed by atoms with Gasteiger partial charge in [-0.25, -0.2) is 4.98 Å². The maximum atomic E-state index is 6.54. The zero-order valence-electron chi connectivity index (χ0n) is 14.4. The number of hydrogen-bond acceptors (Lipinski definition) is 6. The minimum absolute atomic E-state index is 0.822. The van der Waals surface area contributed by atoms with Crippen LogP contribution in [0.15, 0.2) is 58.1 Å². The number of anilines is 1. The number of thiophene rings is 2. The molecular weight excluding hydrogens is 378 g/mol. The molecule has 3 aromatic heterocycles. The Hall–Kier alpha value is -1.86. The van der Waals surface area contributed by atoms with E-state index in [4.69, 9.17) is 10.7 Å². The van der Waals surface area contributed by atoms with Crippen molar-refractivity contribution in [3.05, 3.63) is 53.9 Å². The largest absolute Gasteiger partial charge is 0.397 e. The van der Waals surface area contributed by atoms with Crippen LogP contribution in [0.5, 0.6) is 0 Å². The first-order valence-corrected chi connectivity index (χ1v) is 11.0. The van der Waals surface area contributed by atoms with Gasteiger partial charge in [-0.15, -0.1) is 22.7 Å². The molecule has 0 bridgehead atoms. The molecule has 0 spiro atoms. The Labute approximate surface area is 165 Å². The quantitative estimate of drug-likeness (QED) is 0.297. The van der Waals surface area contributed by atoms with Crippen LogP contribution >= 0.6 is 34.6 Å². The second-order valence-electron chi connectivity index (χ2n) is 5.88. The van der Waals surface area contributed by atoms with Gasteiger partial charge in [-0.1, -0.05) is 43.3 Å². The number of nitrogens with zero attached hydrogens (tertiary/aromatic N) is 1. The number of hydrogen-bond donors (Lipinski definition) is 2. The molecule has 0 aliphatic carbocycles. The van der Waals surface area contributed by atoms with Crippen LogP contribution in [0.2, 0.25) is 0 Å². The molecule has 132 valence electrons. The molecule has 1 aromatic carbocycles. The van der Waals surface area contributed by atoms with Gasteiger partial charge < -0.3 is 5.73 Å². The Bertz CT molecular complexity index is 1010. The summed E-state index contributed by atoms with van der Waals surface area (Å²) in [5.41, 5.74) is 10.7. The third-order valence-corrected chi connectivity index (χ3v) is 7.08. The number of nitrogen functional groups attached to an aromatic ring is 1. The molecule has 6 heteroatoms. The summed E-state index contributed by atoms with van der Waals surface area (Å²) in [5, 5.41) is 3.14. The van der Waals surface area contributed by atoms with Gasteiger partial charge in [-0.3, -0.25) is 4.72 Å². The van der Waals surface area contributed by atoms with E-state index < -0.39 is 0 Å². The van der Waals surface area contributed by atoms with Crippen molar-refractivity contribution in [2.24, 2.45) is 0 Å². The van der Waals surface area contributed by atoms with Gasteiger partial charge in [0.25, 0.3) is 0 Å². The number of nitrogens with one attached hydrogen (secondary N) is 1. The van der Waals surface area contributed by atoms with E-state index in [0.717, 1.165) is 44.3 Å². The Kier molecular flexibility index (Phi) is 5.26. The molecule has 0 saturated carbocycles. The first-order chi connectivity index (χ1) is 12.8. The summed E-state index contributed by atoms with van der Waals surface area (Å²) in [6, 6.07) is 16.8. The molecule has 0 radical (unpaired) electrons. The maximum absolute atomic E-state index is 6.54. The highest BCUT2D eigenvalue weighted by atomic mass is 32.2. The predicted octanol–water partition coefficient (Wildman–Crippen LogP) is 6.28. The average molecular weight is 398 g/mol. The second-order valence-corrected chi connectivity index (χ2v) is 8.98. The van der Waals surface area contributed by atoms with Gasteiger partial charge in [-0.05, 0) is 47.0 Å². The lowest BCUT2D eigenvalue weighted by molar-refractivity contribution is 0.878. The van der Waals surface area contributed by atoms with E-state index in [1.165, 1.54) is 10.4 Å². The van der Waals surface area contributed by atoms with Gasteiger partial charge in [0, 0.05) is 11.9 Å². The van der Waals surface area contributed by atoms with Gasteiger partial charge >= 0.3 is 0 Å². The van der Waals surface area contributed by atoms with Gasteiger partial charge in [0.15, 0.2) is 0 Å². The topological polar surface area (TPSA) is 50.9 Å². The van der Waals surface area contributed by atoms with E-state index in [-0.39, 0.29) is 0 Å². The van der Waals surface area contributed by atoms with Crippen molar-refractivity contribution in [3.8, 4) is 21.7 Å². The SMILES string of the molecule is CCCNSc1sc2nc(-c3cccs3)cc(-c3ccccc3)c2c1N. The molecular formula is C20H19N3S3. The monoisotopic (exact) mass is 397 g/mol. The summed E-state index contributed by atoms with van der Waals surface area (Å²) in [4.78, 5) is 7.09. The normalized spacial score (nSPS) is 11.3. The lowest BCUT2D eigenvalue weighted by Crippen LogP contribution is -2.03. The fraction of sp³-hybridized carbons (Fsp3) is 0.150. The molecule has 0 aliphatic rings. The summed E-state index contributed by atoms with van der Waals surface area (Å²) >= 11 is 4.98. The fourth-order valence-corrected chi connectivity index (χ4v) is 5.56. The molecule has 3 N–H and O–H groups in total. The summed E-state index contributed by atoms with van der Waals surface area (Å²) in [5.74, 6) is 0. The molecule has 26 heavy (non-hydrogen) atoms. The maximum Gasteiger partial charge on any atom is 0.127 e. The highest BCUT2D eigenvalue weighted by molar-refractivity contribution is 7.99. The number of aromatic nitrogens is 1. The van der Waals surface area contributed by atoms with Crippen LogP contribution in [0.3, 0.4) is 0 Å². The molecule has 4 rings (SSSR count). The second kappa shape index (κ2) is 7.80. The fourth-order valence-electron chi connectivity index (χ4n) is 2.79. The number of benzene rings is 1. The Morgan fingerprint density at radius 1 is 1.15 bits per heavy atom. The lowest BCUT2D eigenvalue weighted by atomic mass is 10.0. The minimum Gasteiger partial charge on any atom is -0.397 e. The first-order valence-electron chi connectivity index (χ1n) is 8.50. The third-order valence-electron chi connectivity index (χ3n) is 4.04. The molecule has 0 fully saturated rings. The number of pyridine rings is 1. The van der Waals surface area contributed by atoms with Crippen molar-refractivity contribution in [2.75, 3.05) is 12.3 Å². The molecule has 0 aliphatic heterocycles. The van der Waals surface area contributed by atoms with E-state index in [1.807, 2.05) is 6.07 Å². The molecule has 3 nitrogen and oxygen atoms in total. The van der Waals surface area contributed by atoms with Gasteiger partial charge in [0.1, 0.15) is 9.04 Å². The van der Waals surface area contributed by atoms with Crippen LogP contribution in [-0.2, 0) is 0 Å². The summed E-state index contributed by atoms with van der Waals surface area (Å²) < 4.78 is 4.46. The molecule has 0 amide bonds.